The predicted octanol–water partition coefficient (Wildman–Crippen LogP) is 2.35. The summed E-state index contributed by atoms with van der Waals surface area (Å²) in [7, 11) is 0. The van der Waals surface area contributed by atoms with Crippen LogP contribution in [-0.2, 0) is 6.54 Å². The monoisotopic (exact) mass is 393 g/mol. The molecule has 142 valence electrons. The zero-order valence-electron chi connectivity index (χ0n) is 15.2. The van der Waals surface area contributed by atoms with Crippen LogP contribution < -0.4 is 10.5 Å². The third-order valence-electron chi connectivity index (χ3n) is 5.18. The van der Waals surface area contributed by atoms with Gasteiger partial charge in [-0.15, -0.1) is 16.4 Å². The highest BCUT2D eigenvalue weighted by molar-refractivity contribution is 7.16. The van der Waals surface area contributed by atoms with E-state index in [0.717, 1.165) is 42.0 Å². The minimum Gasteiger partial charge on any atom is -0.356 e. The van der Waals surface area contributed by atoms with Gasteiger partial charge in [-0.1, -0.05) is 0 Å². The molecule has 0 bridgehead atoms. The molecule has 0 spiro atoms. The highest BCUT2D eigenvalue weighted by Crippen LogP contribution is 2.30. The molecule has 1 aliphatic rings. The van der Waals surface area contributed by atoms with Crippen molar-refractivity contribution in [2.45, 2.75) is 19.4 Å². The van der Waals surface area contributed by atoms with Gasteiger partial charge in [0.1, 0.15) is 17.0 Å². The Labute approximate surface area is 165 Å². The van der Waals surface area contributed by atoms with Gasteiger partial charge in [0.2, 0.25) is 0 Å². The van der Waals surface area contributed by atoms with Crippen LogP contribution in [0.2, 0.25) is 0 Å². The van der Waals surface area contributed by atoms with E-state index in [1.54, 1.807) is 45.4 Å². The van der Waals surface area contributed by atoms with E-state index in [-0.39, 0.29) is 5.56 Å². The molecule has 0 unspecified atom stereocenters. The van der Waals surface area contributed by atoms with Crippen LogP contribution >= 0.6 is 11.3 Å². The summed E-state index contributed by atoms with van der Waals surface area (Å²) in [5, 5.41) is 11.9. The molecule has 0 aliphatic carbocycles. The Morgan fingerprint density at radius 3 is 2.86 bits per heavy atom. The molecule has 28 heavy (non-hydrogen) atoms. The summed E-state index contributed by atoms with van der Waals surface area (Å²) in [5.74, 6) is 2.08. The van der Waals surface area contributed by atoms with Crippen molar-refractivity contribution in [1.29, 1.82) is 0 Å². The molecule has 0 amide bonds. The summed E-state index contributed by atoms with van der Waals surface area (Å²) in [6, 6.07) is 7.19. The quantitative estimate of drug-likeness (QED) is 0.529. The van der Waals surface area contributed by atoms with E-state index < -0.39 is 0 Å². The number of piperidine rings is 1. The number of hydrogen-bond donors (Lipinski definition) is 0. The first-order valence-electron chi connectivity index (χ1n) is 9.29. The topological polar surface area (TPSA) is 81.7 Å². The average Bonchev–Trinajstić information content (AvgIpc) is 3.42. The standard InChI is InChI=1S/C19H19N7OS/c27-17-3-2-16(25-8-1-7-22-25)23-26(17)12-14-4-9-24(10-5-14)18-15-6-11-28-19(15)21-13-20-18/h1-3,6-8,11,13-14H,4-5,9-10,12H2. The average molecular weight is 393 g/mol. The fourth-order valence-corrected chi connectivity index (χ4v) is 4.42. The van der Waals surface area contributed by atoms with Crippen molar-refractivity contribution in [3.63, 3.8) is 0 Å². The second kappa shape index (κ2) is 7.16. The number of nitrogens with zero attached hydrogens (tertiary/aromatic N) is 7. The third kappa shape index (κ3) is 3.18. The molecule has 5 heterocycles. The molecule has 0 atom stereocenters. The lowest BCUT2D eigenvalue weighted by atomic mass is 9.96. The minimum atomic E-state index is -0.0749. The highest BCUT2D eigenvalue weighted by Gasteiger charge is 2.23. The number of aromatic nitrogens is 6. The molecule has 8 nitrogen and oxygen atoms in total. The molecule has 9 heteroatoms. The van der Waals surface area contributed by atoms with Crippen LogP contribution in [0.4, 0.5) is 5.82 Å². The summed E-state index contributed by atoms with van der Waals surface area (Å²) in [4.78, 5) is 24.5. The fourth-order valence-electron chi connectivity index (χ4n) is 3.70. The summed E-state index contributed by atoms with van der Waals surface area (Å²) in [6.07, 6.45) is 7.16. The third-order valence-corrected chi connectivity index (χ3v) is 6.00. The first-order valence-corrected chi connectivity index (χ1v) is 10.2. The van der Waals surface area contributed by atoms with Gasteiger partial charge in [0.05, 0.1) is 5.39 Å². The van der Waals surface area contributed by atoms with Crippen LogP contribution in [0.25, 0.3) is 16.0 Å². The molecule has 4 aromatic heterocycles. The molecule has 1 saturated heterocycles. The SMILES string of the molecule is O=c1ccc(-n2cccn2)nn1CC1CCN(c2ncnc3sccc23)CC1. The first-order chi connectivity index (χ1) is 13.8. The Morgan fingerprint density at radius 1 is 1.14 bits per heavy atom. The Kier molecular flexibility index (Phi) is 4.36. The van der Waals surface area contributed by atoms with E-state index >= 15 is 0 Å². The second-order valence-corrected chi connectivity index (χ2v) is 7.82. The Morgan fingerprint density at radius 2 is 2.04 bits per heavy atom. The van der Waals surface area contributed by atoms with Crippen molar-refractivity contribution in [1.82, 2.24) is 29.5 Å². The lowest BCUT2D eigenvalue weighted by molar-refractivity contribution is 0.334. The van der Waals surface area contributed by atoms with Gasteiger partial charge in [-0.25, -0.2) is 19.3 Å². The molecule has 0 N–H and O–H groups in total. The summed E-state index contributed by atoms with van der Waals surface area (Å²) < 4.78 is 3.23. The van der Waals surface area contributed by atoms with Crippen molar-refractivity contribution in [2.24, 2.45) is 5.92 Å². The first kappa shape index (κ1) is 17.1. The Bertz CT molecular complexity index is 1140. The number of fused-ring (bicyclic) bond motifs is 1. The Balaban J connectivity index is 1.30. The van der Waals surface area contributed by atoms with Crippen molar-refractivity contribution in [3.05, 3.63) is 58.7 Å². The van der Waals surface area contributed by atoms with Gasteiger partial charge in [0.15, 0.2) is 5.82 Å². The molecule has 4 aromatic rings. The maximum absolute atomic E-state index is 12.3. The van der Waals surface area contributed by atoms with E-state index in [4.69, 9.17) is 0 Å². The maximum Gasteiger partial charge on any atom is 0.266 e. The van der Waals surface area contributed by atoms with Crippen molar-refractivity contribution < 1.29 is 0 Å². The van der Waals surface area contributed by atoms with E-state index in [1.807, 2.05) is 12.3 Å². The molecule has 0 saturated carbocycles. The lowest BCUT2D eigenvalue weighted by Gasteiger charge is -2.33. The Hall–Kier alpha value is -3.07. The second-order valence-electron chi connectivity index (χ2n) is 6.93. The molecular weight excluding hydrogens is 374 g/mol. The van der Waals surface area contributed by atoms with Gasteiger partial charge in [0.25, 0.3) is 5.56 Å². The largest absolute Gasteiger partial charge is 0.356 e. The van der Waals surface area contributed by atoms with Crippen molar-refractivity contribution >= 4 is 27.4 Å². The molecule has 5 rings (SSSR count). The fraction of sp³-hybridized carbons (Fsp3) is 0.316. The number of thiophene rings is 1. The number of anilines is 1. The van der Waals surface area contributed by atoms with Crippen molar-refractivity contribution in [3.8, 4) is 5.82 Å². The van der Waals surface area contributed by atoms with Crippen molar-refractivity contribution in [2.75, 3.05) is 18.0 Å². The molecule has 1 fully saturated rings. The van der Waals surface area contributed by atoms with Crippen LogP contribution in [-0.4, -0.2) is 42.6 Å². The van der Waals surface area contributed by atoms with Crippen LogP contribution in [0.15, 0.2) is 53.2 Å². The zero-order valence-corrected chi connectivity index (χ0v) is 16.0. The van der Waals surface area contributed by atoms with E-state index in [9.17, 15) is 4.79 Å². The maximum atomic E-state index is 12.3. The number of rotatable bonds is 4. The lowest BCUT2D eigenvalue weighted by Crippen LogP contribution is -2.37. The van der Waals surface area contributed by atoms with E-state index in [2.05, 4.69) is 36.5 Å². The molecule has 0 aromatic carbocycles. The summed E-state index contributed by atoms with van der Waals surface area (Å²) in [6.45, 7) is 2.46. The van der Waals surface area contributed by atoms with Crippen LogP contribution in [0.5, 0.6) is 0 Å². The van der Waals surface area contributed by atoms with Crippen LogP contribution in [0.3, 0.4) is 0 Å². The van der Waals surface area contributed by atoms with Crippen LogP contribution in [0.1, 0.15) is 12.8 Å². The highest BCUT2D eigenvalue weighted by atomic mass is 32.1. The summed E-state index contributed by atoms with van der Waals surface area (Å²) >= 11 is 1.64. The van der Waals surface area contributed by atoms with Gasteiger partial charge in [-0.2, -0.15) is 5.10 Å². The van der Waals surface area contributed by atoms with Crippen LogP contribution in [0, 0.1) is 5.92 Å². The normalized spacial score (nSPS) is 15.4. The van der Waals surface area contributed by atoms with Gasteiger partial charge < -0.3 is 4.90 Å². The molecular formula is C19H19N7OS. The van der Waals surface area contributed by atoms with Gasteiger partial charge in [0, 0.05) is 38.1 Å². The molecule has 0 radical (unpaired) electrons. The smallest absolute Gasteiger partial charge is 0.266 e. The van der Waals surface area contributed by atoms with E-state index in [0.29, 0.717) is 18.3 Å². The molecule has 1 aliphatic heterocycles. The summed E-state index contributed by atoms with van der Waals surface area (Å²) in [5.41, 5.74) is -0.0749. The zero-order chi connectivity index (χ0) is 18.9. The van der Waals surface area contributed by atoms with Gasteiger partial charge >= 0.3 is 0 Å². The predicted molar refractivity (Wildman–Crippen MR) is 108 cm³/mol. The van der Waals surface area contributed by atoms with Gasteiger partial charge in [-0.3, -0.25) is 4.79 Å². The minimum absolute atomic E-state index is 0.0749. The van der Waals surface area contributed by atoms with E-state index in [1.165, 1.54) is 0 Å². The number of hydrogen-bond acceptors (Lipinski definition) is 7. The van der Waals surface area contributed by atoms with Gasteiger partial charge in [-0.05, 0) is 42.3 Å².